The molecular formula is C20H20N2O3. The van der Waals surface area contributed by atoms with Gasteiger partial charge in [0.25, 0.3) is 0 Å². The molecule has 1 fully saturated rings. The van der Waals surface area contributed by atoms with Crippen LogP contribution in [0.25, 0.3) is 6.08 Å². The molecule has 5 nitrogen and oxygen atoms in total. The Hall–Kier alpha value is -2.82. The van der Waals surface area contributed by atoms with E-state index in [2.05, 4.69) is 4.98 Å². The number of rotatable bonds is 3. The maximum absolute atomic E-state index is 12.7. The van der Waals surface area contributed by atoms with Crippen LogP contribution in [0.15, 0.2) is 48.8 Å². The van der Waals surface area contributed by atoms with E-state index in [-0.39, 0.29) is 11.9 Å². The molecule has 2 aromatic rings. The third-order valence-electron chi connectivity index (χ3n) is 4.59. The number of hydrogen-bond acceptors (Lipinski definition) is 4. The minimum absolute atomic E-state index is 0.0289. The third-order valence-corrected chi connectivity index (χ3v) is 4.59. The number of carbonyl (C=O) groups excluding carboxylic acids is 1. The molecule has 1 atom stereocenters. The van der Waals surface area contributed by atoms with E-state index in [4.69, 9.17) is 9.47 Å². The predicted octanol–water partition coefficient (Wildman–Crippen LogP) is 3.23. The van der Waals surface area contributed by atoms with Crippen LogP contribution >= 0.6 is 0 Å². The molecule has 1 aromatic carbocycles. The van der Waals surface area contributed by atoms with Crippen LogP contribution in [0.1, 0.15) is 30.0 Å². The van der Waals surface area contributed by atoms with Crippen molar-refractivity contribution in [1.29, 1.82) is 0 Å². The van der Waals surface area contributed by atoms with Crippen molar-refractivity contribution in [3.05, 3.63) is 59.9 Å². The zero-order valence-corrected chi connectivity index (χ0v) is 13.9. The van der Waals surface area contributed by atoms with Gasteiger partial charge >= 0.3 is 0 Å². The van der Waals surface area contributed by atoms with Crippen LogP contribution in [-0.4, -0.2) is 35.5 Å². The SMILES string of the molecule is O=C(/C=C/c1cccnc1)N1CCCC1c1ccc2c(c1)OCCO2. The molecule has 128 valence electrons. The number of benzene rings is 1. The lowest BCUT2D eigenvalue weighted by molar-refractivity contribution is -0.126. The second-order valence-electron chi connectivity index (χ2n) is 6.21. The second kappa shape index (κ2) is 6.97. The summed E-state index contributed by atoms with van der Waals surface area (Å²) < 4.78 is 11.3. The number of pyridine rings is 1. The first-order chi connectivity index (χ1) is 12.3. The van der Waals surface area contributed by atoms with Gasteiger partial charge in [0.1, 0.15) is 13.2 Å². The Morgan fingerprint density at radius 1 is 1.20 bits per heavy atom. The Balaban J connectivity index is 1.52. The largest absolute Gasteiger partial charge is 0.486 e. The van der Waals surface area contributed by atoms with Crippen molar-refractivity contribution in [3.8, 4) is 11.5 Å². The molecule has 2 aliphatic heterocycles. The van der Waals surface area contributed by atoms with Crippen LogP contribution in [0.4, 0.5) is 0 Å². The van der Waals surface area contributed by atoms with Crippen LogP contribution in [-0.2, 0) is 4.79 Å². The van der Waals surface area contributed by atoms with Gasteiger partial charge in [-0.3, -0.25) is 9.78 Å². The van der Waals surface area contributed by atoms with Crippen molar-refractivity contribution in [2.75, 3.05) is 19.8 Å². The van der Waals surface area contributed by atoms with Crippen LogP contribution in [0, 0.1) is 0 Å². The highest BCUT2D eigenvalue weighted by molar-refractivity contribution is 5.92. The lowest BCUT2D eigenvalue weighted by Crippen LogP contribution is -2.29. The van der Waals surface area contributed by atoms with Crippen LogP contribution < -0.4 is 9.47 Å². The molecule has 0 spiro atoms. The fraction of sp³-hybridized carbons (Fsp3) is 0.300. The van der Waals surface area contributed by atoms with Gasteiger partial charge in [-0.25, -0.2) is 0 Å². The van der Waals surface area contributed by atoms with Crippen molar-refractivity contribution in [1.82, 2.24) is 9.88 Å². The average molecular weight is 336 g/mol. The summed E-state index contributed by atoms with van der Waals surface area (Å²) in [4.78, 5) is 18.6. The summed E-state index contributed by atoms with van der Waals surface area (Å²) >= 11 is 0. The second-order valence-corrected chi connectivity index (χ2v) is 6.21. The minimum Gasteiger partial charge on any atom is -0.486 e. The highest BCUT2D eigenvalue weighted by Gasteiger charge is 2.29. The van der Waals surface area contributed by atoms with E-state index >= 15 is 0 Å². The van der Waals surface area contributed by atoms with E-state index in [9.17, 15) is 4.79 Å². The number of nitrogens with zero attached hydrogens (tertiary/aromatic N) is 2. The molecule has 0 N–H and O–H groups in total. The maximum atomic E-state index is 12.7. The quantitative estimate of drug-likeness (QED) is 0.808. The Morgan fingerprint density at radius 2 is 2.08 bits per heavy atom. The summed E-state index contributed by atoms with van der Waals surface area (Å²) in [5.74, 6) is 1.58. The molecule has 25 heavy (non-hydrogen) atoms. The molecule has 1 saturated heterocycles. The first-order valence-corrected chi connectivity index (χ1v) is 8.59. The number of fused-ring (bicyclic) bond motifs is 1. The van der Waals surface area contributed by atoms with Crippen molar-refractivity contribution >= 4 is 12.0 Å². The van der Waals surface area contributed by atoms with Gasteiger partial charge in [0.15, 0.2) is 11.5 Å². The summed E-state index contributed by atoms with van der Waals surface area (Å²) in [5.41, 5.74) is 2.02. The maximum Gasteiger partial charge on any atom is 0.247 e. The van der Waals surface area contributed by atoms with Gasteiger partial charge < -0.3 is 14.4 Å². The first-order valence-electron chi connectivity index (χ1n) is 8.59. The third kappa shape index (κ3) is 3.36. The van der Waals surface area contributed by atoms with Gasteiger partial charge in [0.05, 0.1) is 6.04 Å². The van der Waals surface area contributed by atoms with Gasteiger partial charge in [0.2, 0.25) is 5.91 Å². The number of hydrogen-bond donors (Lipinski definition) is 0. The molecule has 4 rings (SSSR count). The van der Waals surface area contributed by atoms with E-state index in [1.165, 1.54) is 0 Å². The lowest BCUT2D eigenvalue weighted by Gasteiger charge is -2.26. The van der Waals surface area contributed by atoms with Gasteiger partial charge in [-0.1, -0.05) is 12.1 Å². The highest BCUT2D eigenvalue weighted by atomic mass is 16.6. The van der Waals surface area contributed by atoms with E-state index in [0.717, 1.165) is 42.0 Å². The van der Waals surface area contributed by atoms with Gasteiger partial charge in [-0.15, -0.1) is 0 Å². The summed E-state index contributed by atoms with van der Waals surface area (Å²) in [6, 6.07) is 9.86. The minimum atomic E-state index is 0.0289. The monoisotopic (exact) mass is 336 g/mol. The van der Waals surface area contributed by atoms with Crippen molar-refractivity contribution in [3.63, 3.8) is 0 Å². The number of ether oxygens (including phenoxy) is 2. The number of amides is 1. The Bertz CT molecular complexity index is 789. The fourth-order valence-corrected chi connectivity index (χ4v) is 3.38. The molecule has 1 aromatic heterocycles. The molecule has 3 heterocycles. The predicted molar refractivity (Wildman–Crippen MR) is 94.4 cm³/mol. The summed E-state index contributed by atoms with van der Waals surface area (Å²) in [6.07, 6.45) is 8.88. The standard InChI is InChI=1S/C20H20N2O3/c23-20(8-5-15-3-1-9-21-14-15)22-10-2-4-17(22)16-6-7-18-19(13-16)25-12-11-24-18/h1,3,5-9,13-14,17H,2,4,10-12H2/b8-5+. The average Bonchev–Trinajstić information content (AvgIpc) is 3.16. The van der Waals surface area contributed by atoms with Crippen LogP contribution in [0.5, 0.6) is 11.5 Å². The zero-order valence-electron chi connectivity index (χ0n) is 13.9. The summed E-state index contributed by atoms with van der Waals surface area (Å²) in [5, 5.41) is 0. The molecule has 1 unspecified atom stereocenters. The number of aromatic nitrogens is 1. The summed E-state index contributed by atoms with van der Waals surface area (Å²) in [7, 11) is 0. The van der Waals surface area contributed by atoms with E-state index in [1.54, 1.807) is 18.5 Å². The van der Waals surface area contributed by atoms with Crippen LogP contribution in [0.2, 0.25) is 0 Å². The Labute approximate surface area is 146 Å². The van der Waals surface area contributed by atoms with Crippen LogP contribution in [0.3, 0.4) is 0 Å². The van der Waals surface area contributed by atoms with Crippen molar-refractivity contribution in [2.45, 2.75) is 18.9 Å². The van der Waals surface area contributed by atoms with Gasteiger partial charge in [-0.05, 0) is 48.2 Å². The molecule has 2 aliphatic rings. The molecule has 0 saturated carbocycles. The smallest absolute Gasteiger partial charge is 0.247 e. The number of likely N-dealkylation sites (tertiary alicyclic amines) is 1. The normalized spacial score (nSPS) is 19.4. The first kappa shape index (κ1) is 15.7. The lowest BCUT2D eigenvalue weighted by atomic mass is 10.0. The van der Waals surface area contributed by atoms with E-state index in [0.29, 0.717) is 13.2 Å². The summed E-state index contributed by atoms with van der Waals surface area (Å²) in [6.45, 7) is 1.92. The Kier molecular flexibility index (Phi) is 4.37. The van der Waals surface area contributed by atoms with Gasteiger partial charge in [-0.2, -0.15) is 0 Å². The van der Waals surface area contributed by atoms with Crippen molar-refractivity contribution < 1.29 is 14.3 Å². The molecule has 0 bridgehead atoms. The molecule has 0 aliphatic carbocycles. The van der Waals surface area contributed by atoms with Gasteiger partial charge in [0, 0.05) is 25.0 Å². The molecule has 1 amide bonds. The topological polar surface area (TPSA) is 51.7 Å². The van der Waals surface area contributed by atoms with Crippen molar-refractivity contribution in [2.24, 2.45) is 0 Å². The molecule has 5 heteroatoms. The molecular weight excluding hydrogens is 316 g/mol. The molecule has 0 radical (unpaired) electrons. The highest BCUT2D eigenvalue weighted by Crippen LogP contribution is 2.38. The Morgan fingerprint density at radius 3 is 2.92 bits per heavy atom. The zero-order chi connectivity index (χ0) is 17.1. The fourth-order valence-electron chi connectivity index (χ4n) is 3.38. The number of carbonyl (C=O) groups is 1. The van der Waals surface area contributed by atoms with E-state index in [1.807, 2.05) is 41.3 Å². The van der Waals surface area contributed by atoms with E-state index < -0.39 is 0 Å².